The van der Waals surface area contributed by atoms with Gasteiger partial charge in [-0.1, -0.05) is 30.3 Å². The number of anilines is 1. The summed E-state index contributed by atoms with van der Waals surface area (Å²) in [5, 5.41) is 19.6. The molecule has 0 amide bonds. The lowest BCUT2D eigenvalue weighted by atomic mass is 10.2. The molecule has 28 heavy (non-hydrogen) atoms. The first-order valence-electron chi connectivity index (χ1n) is 9.10. The van der Waals surface area contributed by atoms with Crippen molar-refractivity contribution in [2.45, 2.75) is 31.5 Å². The minimum Gasteiger partial charge on any atom is -0.460 e. The summed E-state index contributed by atoms with van der Waals surface area (Å²) in [5.41, 5.74) is 2.14. The van der Waals surface area contributed by atoms with E-state index in [9.17, 15) is 10.2 Å². The molecule has 1 aliphatic rings. The highest BCUT2D eigenvalue weighted by Gasteiger charge is 2.37. The summed E-state index contributed by atoms with van der Waals surface area (Å²) in [6, 6.07) is 10.1. The van der Waals surface area contributed by atoms with E-state index in [2.05, 4.69) is 15.0 Å². The fourth-order valence-electron chi connectivity index (χ4n) is 3.33. The van der Waals surface area contributed by atoms with Crippen molar-refractivity contribution in [1.29, 1.82) is 0 Å². The first-order valence-corrected chi connectivity index (χ1v) is 9.10. The van der Waals surface area contributed by atoms with Crippen LogP contribution in [0.5, 0.6) is 6.01 Å². The average molecular weight is 385 g/mol. The third-order valence-corrected chi connectivity index (χ3v) is 4.73. The molecule has 0 unspecified atom stereocenters. The number of rotatable bonds is 6. The Balaban J connectivity index is 1.75. The maximum Gasteiger partial charge on any atom is 0.301 e. The van der Waals surface area contributed by atoms with Crippen LogP contribution in [0.25, 0.3) is 11.2 Å². The number of nitrogens with zero attached hydrogens (tertiary/aromatic N) is 5. The summed E-state index contributed by atoms with van der Waals surface area (Å²) in [6.45, 7) is 0.0655. The van der Waals surface area contributed by atoms with Crippen molar-refractivity contribution < 1.29 is 19.7 Å². The van der Waals surface area contributed by atoms with Crippen LogP contribution in [-0.2, 0) is 11.3 Å². The molecule has 0 spiro atoms. The Kier molecular flexibility index (Phi) is 5.12. The van der Waals surface area contributed by atoms with Crippen LogP contribution in [0.4, 0.5) is 5.82 Å². The van der Waals surface area contributed by atoms with Gasteiger partial charge in [0.2, 0.25) is 0 Å². The standard InChI is InChI=1S/C19H23N5O4/c1-23(2)17-16-18(21-11-20-17)24(15-8-13(26)14(9-25)28-15)19(22-16)27-10-12-6-4-3-5-7-12/h3-7,11,13-15,25-26H,8-10H2,1-2H3/t13-,14+,15+/m0/s1. The molecular weight excluding hydrogens is 362 g/mol. The lowest BCUT2D eigenvalue weighted by Gasteiger charge is -2.17. The molecule has 0 aliphatic carbocycles. The highest BCUT2D eigenvalue weighted by Crippen LogP contribution is 2.36. The first kappa shape index (κ1) is 18.6. The molecule has 1 aromatic carbocycles. The van der Waals surface area contributed by atoms with Gasteiger partial charge in [0, 0.05) is 20.5 Å². The van der Waals surface area contributed by atoms with Crippen LogP contribution in [0.15, 0.2) is 36.7 Å². The molecule has 148 valence electrons. The van der Waals surface area contributed by atoms with E-state index in [1.807, 2.05) is 49.3 Å². The number of aliphatic hydroxyl groups excluding tert-OH is 2. The predicted molar refractivity (Wildman–Crippen MR) is 102 cm³/mol. The number of ether oxygens (including phenoxy) is 2. The second-order valence-electron chi connectivity index (χ2n) is 6.92. The van der Waals surface area contributed by atoms with E-state index in [0.29, 0.717) is 36.0 Å². The maximum atomic E-state index is 10.2. The number of imidazole rings is 1. The highest BCUT2D eigenvalue weighted by molar-refractivity contribution is 5.84. The summed E-state index contributed by atoms with van der Waals surface area (Å²) in [4.78, 5) is 15.2. The molecule has 3 atom stereocenters. The monoisotopic (exact) mass is 385 g/mol. The zero-order valence-electron chi connectivity index (χ0n) is 15.8. The van der Waals surface area contributed by atoms with Crippen LogP contribution >= 0.6 is 0 Å². The summed E-state index contributed by atoms with van der Waals surface area (Å²) < 4.78 is 13.6. The summed E-state index contributed by atoms with van der Waals surface area (Å²) >= 11 is 0. The van der Waals surface area contributed by atoms with E-state index in [1.54, 1.807) is 4.57 Å². The van der Waals surface area contributed by atoms with Crippen molar-refractivity contribution >= 4 is 17.0 Å². The van der Waals surface area contributed by atoms with Crippen LogP contribution in [0, 0.1) is 0 Å². The Hall–Kier alpha value is -2.75. The van der Waals surface area contributed by atoms with Gasteiger partial charge in [-0.05, 0) is 5.56 Å². The molecule has 1 saturated heterocycles. The van der Waals surface area contributed by atoms with Gasteiger partial charge >= 0.3 is 6.01 Å². The summed E-state index contributed by atoms with van der Waals surface area (Å²) in [7, 11) is 3.76. The molecule has 2 aromatic heterocycles. The Morgan fingerprint density at radius 2 is 2.04 bits per heavy atom. The van der Waals surface area contributed by atoms with Gasteiger partial charge in [-0.3, -0.25) is 4.57 Å². The molecule has 9 heteroatoms. The SMILES string of the molecule is CN(C)c1ncnc2c1nc(OCc1ccccc1)n2[C@H]1C[C@H](O)[C@@H](CO)O1. The Morgan fingerprint density at radius 3 is 2.71 bits per heavy atom. The van der Waals surface area contributed by atoms with Crippen molar-refractivity contribution in [2.75, 3.05) is 25.6 Å². The van der Waals surface area contributed by atoms with E-state index in [0.717, 1.165) is 5.56 Å². The van der Waals surface area contributed by atoms with Crippen molar-refractivity contribution in [3.63, 3.8) is 0 Å². The normalized spacial score (nSPS) is 21.9. The Labute approximate surface area is 162 Å². The Bertz CT molecular complexity index is 946. The van der Waals surface area contributed by atoms with Crippen LogP contribution < -0.4 is 9.64 Å². The van der Waals surface area contributed by atoms with E-state index in [1.165, 1.54) is 6.33 Å². The molecule has 2 N–H and O–H groups in total. The van der Waals surface area contributed by atoms with Crippen LogP contribution in [0.3, 0.4) is 0 Å². The smallest absolute Gasteiger partial charge is 0.301 e. The zero-order valence-corrected chi connectivity index (χ0v) is 15.8. The van der Waals surface area contributed by atoms with Gasteiger partial charge in [0.15, 0.2) is 17.0 Å². The van der Waals surface area contributed by atoms with Crippen LogP contribution in [0.1, 0.15) is 18.2 Å². The topological polar surface area (TPSA) is 106 Å². The lowest BCUT2D eigenvalue weighted by molar-refractivity contribution is -0.0456. The molecule has 0 bridgehead atoms. The van der Waals surface area contributed by atoms with Gasteiger partial charge in [0.25, 0.3) is 0 Å². The summed E-state index contributed by atoms with van der Waals surface area (Å²) in [5.74, 6) is 0.658. The fourth-order valence-corrected chi connectivity index (χ4v) is 3.33. The quantitative estimate of drug-likeness (QED) is 0.650. The molecule has 1 fully saturated rings. The molecule has 3 heterocycles. The van der Waals surface area contributed by atoms with Crippen molar-refractivity contribution in [2.24, 2.45) is 0 Å². The number of hydrogen-bond donors (Lipinski definition) is 2. The second-order valence-corrected chi connectivity index (χ2v) is 6.92. The van der Waals surface area contributed by atoms with Gasteiger partial charge in [-0.15, -0.1) is 0 Å². The van der Waals surface area contributed by atoms with Gasteiger partial charge in [-0.2, -0.15) is 4.98 Å². The predicted octanol–water partition coefficient (Wildman–Crippen LogP) is 1.11. The van der Waals surface area contributed by atoms with Gasteiger partial charge < -0.3 is 24.6 Å². The largest absolute Gasteiger partial charge is 0.460 e. The highest BCUT2D eigenvalue weighted by atomic mass is 16.6. The minimum atomic E-state index is -0.774. The Morgan fingerprint density at radius 1 is 1.25 bits per heavy atom. The number of hydrogen-bond acceptors (Lipinski definition) is 8. The molecule has 0 saturated carbocycles. The van der Waals surface area contributed by atoms with Crippen LogP contribution in [0.2, 0.25) is 0 Å². The third-order valence-electron chi connectivity index (χ3n) is 4.73. The third kappa shape index (κ3) is 3.39. The first-order chi connectivity index (χ1) is 13.6. The van der Waals surface area contributed by atoms with E-state index in [-0.39, 0.29) is 6.61 Å². The number of fused-ring (bicyclic) bond motifs is 1. The molecule has 4 rings (SSSR count). The maximum absolute atomic E-state index is 10.2. The number of benzene rings is 1. The lowest BCUT2D eigenvalue weighted by Crippen LogP contribution is -2.24. The zero-order chi connectivity index (χ0) is 19.7. The van der Waals surface area contributed by atoms with Gasteiger partial charge in [0.1, 0.15) is 25.3 Å². The van der Waals surface area contributed by atoms with Crippen molar-refractivity contribution in [1.82, 2.24) is 19.5 Å². The fraction of sp³-hybridized carbons (Fsp3) is 0.421. The van der Waals surface area contributed by atoms with Crippen molar-refractivity contribution in [3.8, 4) is 6.01 Å². The van der Waals surface area contributed by atoms with E-state index < -0.39 is 18.4 Å². The van der Waals surface area contributed by atoms with Gasteiger partial charge in [0.05, 0.1) is 12.7 Å². The summed E-state index contributed by atoms with van der Waals surface area (Å²) in [6.07, 6.45) is -0.206. The molecule has 1 aliphatic heterocycles. The number of aromatic nitrogens is 4. The van der Waals surface area contributed by atoms with Crippen LogP contribution in [-0.4, -0.2) is 62.6 Å². The number of aliphatic hydroxyl groups is 2. The van der Waals surface area contributed by atoms with E-state index in [4.69, 9.17) is 9.47 Å². The minimum absolute atomic E-state index is 0.261. The molecule has 3 aromatic rings. The van der Waals surface area contributed by atoms with Crippen molar-refractivity contribution in [3.05, 3.63) is 42.2 Å². The van der Waals surface area contributed by atoms with E-state index >= 15 is 0 Å². The average Bonchev–Trinajstić information content (AvgIpc) is 3.26. The molecular formula is C19H23N5O4. The second kappa shape index (κ2) is 7.70. The molecule has 9 nitrogen and oxygen atoms in total. The molecule has 0 radical (unpaired) electrons. The van der Waals surface area contributed by atoms with Gasteiger partial charge in [-0.25, -0.2) is 9.97 Å².